The first-order valence-electron chi connectivity index (χ1n) is 7.32. The largest absolute Gasteiger partial charge is 0.492 e. The lowest BCUT2D eigenvalue weighted by Gasteiger charge is -2.23. The molecular weight excluding hydrogens is 258 g/mol. The Morgan fingerprint density at radius 3 is 2.84 bits per heavy atom. The molecule has 0 radical (unpaired) electrons. The first-order chi connectivity index (χ1) is 9.16. The lowest BCUT2D eigenvalue weighted by molar-refractivity contribution is 0.268. The minimum atomic E-state index is 0.498. The third-order valence-electron chi connectivity index (χ3n) is 3.76. The molecule has 1 atom stereocenters. The van der Waals surface area contributed by atoms with Crippen molar-refractivity contribution in [2.24, 2.45) is 0 Å². The second-order valence-electron chi connectivity index (χ2n) is 5.63. The molecule has 0 spiro atoms. The molecule has 1 aliphatic heterocycles. The van der Waals surface area contributed by atoms with Gasteiger partial charge in [0.15, 0.2) is 0 Å². The molecule has 106 valence electrons. The lowest BCUT2D eigenvalue weighted by Crippen LogP contribution is -2.35. The van der Waals surface area contributed by atoms with Crippen LogP contribution in [0.1, 0.15) is 51.0 Å². The zero-order valence-corrected chi connectivity index (χ0v) is 12.7. The van der Waals surface area contributed by atoms with Gasteiger partial charge in [0.1, 0.15) is 5.75 Å². The third-order valence-corrected chi connectivity index (χ3v) is 4.05. The van der Waals surface area contributed by atoms with Crippen LogP contribution in [0, 0.1) is 0 Å². The number of halogens is 1. The topological polar surface area (TPSA) is 21.3 Å². The third kappa shape index (κ3) is 4.39. The lowest BCUT2D eigenvalue weighted by atomic mass is 10.0. The summed E-state index contributed by atoms with van der Waals surface area (Å²) in [5.74, 6) is 1.31. The van der Waals surface area contributed by atoms with E-state index in [1.165, 1.54) is 24.8 Å². The molecule has 0 amide bonds. The molecule has 2 rings (SSSR count). The molecule has 0 aliphatic carbocycles. The Kier molecular flexibility index (Phi) is 5.53. The summed E-state index contributed by atoms with van der Waals surface area (Å²) in [6.07, 6.45) is 4.97. The quantitative estimate of drug-likeness (QED) is 0.865. The second-order valence-corrected chi connectivity index (χ2v) is 6.04. The van der Waals surface area contributed by atoms with Gasteiger partial charge in [0.25, 0.3) is 0 Å². The fraction of sp³-hybridized carbons (Fsp3) is 0.625. The van der Waals surface area contributed by atoms with Crippen molar-refractivity contribution in [3.05, 3.63) is 28.8 Å². The van der Waals surface area contributed by atoms with Gasteiger partial charge in [-0.15, -0.1) is 0 Å². The molecule has 0 aromatic heterocycles. The fourth-order valence-corrected chi connectivity index (χ4v) is 2.72. The van der Waals surface area contributed by atoms with E-state index in [4.69, 9.17) is 16.3 Å². The normalized spacial score (nSPS) is 19.7. The molecule has 0 saturated carbocycles. The van der Waals surface area contributed by atoms with Gasteiger partial charge in [-0.1, -0.05) is 37.9 Å². The van der Waals surface area contributed by atoms with Gasteiger partial charge in [-0.25, -0.2) is 0 Å². The Hall–Kier alpha value is -0.730. The van der Waals surface area contributed by atoms with Gasteiger partial charge in [0.05, 0.1) is 11.6 Å². The molecule has 1 fully saturated rings. The maximum Gasteiger partial charge on any atom is 0.137 e. The predicted octanol–water partition coefficient (Wildman–Crippen LogP) is 4.37. The first-order valence-corrected chi connectivity index (χ1v) is 7.70. The van der Waals surface area contributed by atoms with E-state index in [1.54, 1.807) is 0 Å². The van der Waals surface area contributed by atoms with Crippen molar-refractivity contribution >= 4 is 11.6 Å². The maximum absolute atomic E-state index is 6.25. The van der Waals surface area contributed by atoms with Crippen molar-refractivity contribution in [3.8, 4) is 5.75 Å². The molecule has 0 bridgehead atoms. The monoisotopic (exact) mass is 281 g/mol. The number of benzene rings is 1. The molecule has 3 heteroatoms. The number of nitrogens with one attached hydrogen (secondary N) is 1. The maximum atomic E-state index is 6.25. The first kappa shape index (κ1) is 14.7. The molecule has 1 saturated heterocycles. The van der Waals surface area contributed by atoms with Crippen LogP contribution >= 0.6 is 11.6 Å². The minimum Gasteiger partial charge on any atom is -0.492 e. The summed E-state index contributed by atoms with van der Waals surface area (Å²) in [5, 5.41) is 4.26. The molecule has 1 heterocycles. The zero-order chi connectivity index (χ0) is 13.7. The van der Waals surface area contributed by atoms with Gasteiger partial charge in [-0.05, 0) is 49.4 Å². The van der Waals surface area contributed by atoms with Gasteiger partial charge in [0, 0.05) is 6.04 Å². The smallest absolute Gasteiger partial charge is 0.137 e. The van der Waals surface area contributed by atoms with Crippen molar-refractivity contribution in [2.75, 3.05) is 13.2 Å². The summed E-state index contributed by atoms with van der Waals surface area (Å²) in [6.45, 7) is 6.22. The highest BCUT2D eigenvalue weighted by atomic mass is 35.5. The van der Waals surface area contributed by atoms with Gasteiger partial charge in [0.2, 0.25) is 0 Å². The molecule has 2 nitrogen and oxygen atoms in total. The van der Waals surface area contributed by atoms with Crippen molar-refractivity contribution in [2.45, 2.75) is 51.5 Å². The van der Waals surface area contributed by atoms with Gasteiger partial charge in [-0.2, -0.15) is 0 Å². The Bertz CT molecular complexity index is 400. The van der Waals surface area contributed by atoms with Crippen molar-refractivity contribution in [3.63, 3.8) is 0 Å². The van der Waals surface area contributed by atoms with E-state index < -0.39 is 0 Å². The van der Waals surface area contributed by atoms with E-state index in [1.807, 2.05) is 12.1 Å². The Labute approximate surface area is 121 Å². The number of piperidine rings is 1. The van der Waals surface area contributed by atoms with Gasteiger partial charge in [-0.3, -0.25) is 0 Å². The summed E-state index contributed by atoms with van der Waals surface area (Å²) in [4.78, 5) is 0. The van der Waals surface area contributed by atoms with Crippen LogP contribution in [0.4, 0.5) is 0 Å². The SMILES string of the molecule is CC(C)c1ccc(OCCC2CCCCN2)c(Cl)c1. The average Bonchev–Trinajstić information content (AvgIpc) is 2.41. The highest BCUT2D eigenvalue weighted by molar-refractivity contribution is 6.32. The van der Waals surface area contributed by atoms with Crippen LogP contribution in [-0.4, -0.2) is 19.2 Å². The fourth-order valence-electron chi connectivity index (χ4n) is 2.47. The van der Waals surface area contributed by atoms with E-state index in [2.05, 4.69) is 25.2 Å². The molecule has 1 aliphatic rings. The minimum absolute atomic E-state index is 0.498. The van der Waals surface area contributed by atoms with Crippen molar-refractivity contribution < 1.29 is 4.74 Å². The van der Waals surface area contributed by atoms with Crippen LogP contribution in [0.5, 0.6) is 5.75 Å². The van der Waals surface area contributed by atoms with Crippen LogP contribution in [-0.2, 0) is 0 Å². The molecule has 1 unspecified atom stereocenters. The van der Waals surface area contributed by atoms with E-state index in [-0.39, 0.29) is 0 Å². The highest BCUT2D eigenvalue weighted by Gasteiger charge is 2.12. The summed E-state index contributed by atoms with van der Waals surface area (Å²) < 4.78 is 5.80. The summed E-state index contributed by atoms with van der Waals surface area (Å²) >= 11 is 6.25. The number of hydrogen-bond acceptors (Lipinski definition) is 2. The molecule has 19 heavy (non-hydrogen) atoms. The van der Waals surface area contributed by atoms with E-state index in [0.29, 0.717) is 12.0 Å². The summed E-state index contributed by atoms with van der Waals surface area (Å²) in [7, 11) is 0. The van der Waals surface area contributed by atoms with Crippen LogP contribution < -0.4 is 10.1 Å². The number of rotatable bonds is 5. The number of hydrogen-bond donors (Lipinski definition) is 1. The van der Waals surface area contributed by atoms with Crippen LogP contribution in [0.25, 0.3) is 0 Å². The van der Waals surface area contributed by atoms with E-state index in [0.717, 1.165) is 30.3 Å². The average molecular weight is 282 g/mol. The van der Waals surface area contributed by atoms with Crippen molar-refractivity contribution in [1.29, 1.82) is 0 Å². The zero-order valence-electron chi connectivity index (χ0n) is 11.9. The summed E-state index contributed by atoms with van der Waals surface area (Å²) in [6, 6.07) is 6.72. The molecule has 1 aromatic carbocycles. The highest BCUT2D eigenvalue weighted by Crippen LogP contribution is 2.28. The van der Waals surface area contributed by atoms with Gasteiger partial charge >= 0.3 is 0 Å². The molecule has 1 aromatic rings. The Morgan fingerprint density at radius 1 is 1.37 bits per heavy atom. The van der Waals surface area contributed by atoms with Gasteiger partial charge < -0.3 is 10.1 Å². The Morgan fingerprint density at radius 2 is 2.21 bits per heavy atom. The standard InChI is InChI=1S/C16H24ClNO/c1-12(2)13-6-7-16(15(17)11-13)19-10-8-14-5-3-4-9-18-14/h6-7,11-12,14,18H,3-5,8-10H2,1-2H3. The Balaban J connectivity index is 1.82. The van der Waals surface area contributed by atoms with Crippen LogP contribution in [0.2, 0.25) is 5.02 Å². The van der Waals surface area contributed by atoms with E-state index >= 15 is 0 Å². The van der Waals surface area contributed by atoms with Crippen molar-refractivity contribution in [1.82, 2.24) is 5.32 Å². The summed E-state index contributed by atoms with van der Waals surface area (Å²) in [5.41, 5.74) is 1.26. The second kappa shape index (κ2) is 7.16. The van der Waals surface area contributed by atoms with E-state index in [9.17, 15) is 0 Å². The number of ether oxygens (including phenoxy) is 1. The van der Waals surface area contributed by atoms with Crippen LogP contribution in [0.15, 0.2) is 18.2 Å². The predicted molar refractivity (Wildman–Crippen MR) is 81.3 cm³/mol. The molecular formula is C16H24ClNO. The van der Waals surface area contributed by atoms with Crippen LogP contribution in [0.3, 0.4) is 0 Å². The molecule has 1 N–H and O–H groups in total.